The zero-order chi connectivity index (χ0) is 44.3. The van der Waals surface area contributed by atoms with Gasteiger partial charge in [0.1, 0.15) is 11.2 Å². The molecule has 2 heterocycles. The number of anilines is 3. The number of benzene rings is 11. The van der Waals surface area contributed by atoms with Gasteiger partial charge in [-0.05, 0) is 135 Å². The molecule has 0 saturated carbocycles. The van der Waals surface area contributed by atoms with Crippen molar-refractivity contribution < 1.29 is 4.42 Å². The van der Waals surface area contributed by atoms with Gasteiger partial charge in [-0.1, -0.05) is 170 Å². The van der Waals surface area contributed by atoms with Crippen molar-refractivity contribution in [3.63, 3.8) is 0 Å². The van der Waals surface area contributed by atoms with E-state index in [4.69, 9.17) is 4.42 Å². The summed E-state index contributed by atoms with van der Waals surface area (Å²) in [5, 5.41) is 7.23. The van der Waals surface area contributed by atoms with Gasteiger partial charge in [0.15, 0.2) is 0 Å². The second-order valence-electron chi connectivity index (χ2n) is 17.3. The topological polar surface area (TPSA) is 21.3 Å². The molecule has 11 aromatic carbocycles. The van der Waals surface area contributed by atoms with Crippen LogP contribution in [0, 0.1) is 0 Å². The summed E-state index contributed by atoms with van der Waals surface area (Å²) in [5.74, 6) is 0. The second-order valence-corrected chi connectivity index (χ2v) is 17.3. The third-order valence-electron chi connectivity index (χ3n) is 13.4. The zero-order valence-corrected chi connectivity index (χ0v) is 36.6. The maximum Gasteiger partial charge on any atom is 0.136 e. The summed E-state index contributed by atoms with van der Waals surface area (Å²) in [7, 11) is 0. The first kappa shape index (κ1) is 38.5. The molecule has 0 aliphatic rings. The second kappa shape index (κ2) is 16.0. The van der Waals surface area contributed by atoms with Crippen LogP contribution in [0.15, 0.2) is 259 Å². The largest absolute Gasteiger partial charge is 0.456 e. The van der Waals surface area contributed by atoms with Crippen LogP contribution in [0.3, 0.4) is 0 Å². The Kier molecular flexibility index (Phi) is 9.17. The lowest BCUT2D eigenvalue weighted by Gasteiger charge is -2.28. The Morgan fingerprint density at radius 2 is 0.866 bits per heavy atom. The van der Waals surface area contributed by atoms with Gasteiger partial charge in [0, 0.05) is 44.2 Å². The number of hydrogen-bond acceptors (Lipinski definition) is 2. The molecule has 2 aromatic heterocycles. The van der Waals surface area contributed by atoms with Crippen LogP contribution >= 0.6 is 0 Å². The number of nitrogens with zero attached hydrogens (tertiary/aromatic N) is 2. The molecule has 0 unspecified atom stereocenters. The van der Waals surface area contributed by atoms with E-state index in [-0.39, 0.29) is 0 Å². The molecule has 0 spiro atoms. The molecule has 0 saturated heterocycles. The fourth-order valence-electron chi connectivity index (χ4n) is 10.1. The van der Waals surface area contributed by atoms with Crippen LogP contribution in [0.5, 0.6) is 0 Å². The van der Waals surface area contributed by atoms with E-state index in [1.807, 2.05) is 12.1 Å². The van der Waals surface area contributed by atoms with E-state index >= 15 is 0 Å². The van der Waals surface area contributed by atoms with Gasteiger partial charge < -0.3 is 13.9 Å². The lowest BCUT2D eigenvalue weighted by atomic mass is 9.97. The smallest absolute Gasteiger partial charge is 0.136 e. The minimum atomic E-state index is 0.887. The number of hydrogen-bond donors (Lipinski definition) is 0. The minimum Gasteiger partial charge on any atom is -0.456 e. The van der Waals surface area contributed by atoms with Crippen molar-refractivity contribution in [1.82, 2.24) is 4.57 Å². The summed E-state index contributed by atoms with van der Waals surface area (Å²) in [5.41, 5.74) is 17.8. The van der Waals surface area contributed by atoms with E-state index < -0.39 is 0 Å². The highest BCUT2D eigenvalue weighted by Crippen LogP contribution is 2.44. The number of fused-ring (bicyclic) bond motifs is 7. The van der Waals surface area contributed by atoms with Gasteiger partial charge in [-0.2, -0.15) is 0 Å². The maximum absolute atomic E-state index is 6.34. The predicted molar refractivity (Wildman–Crippen MR) is 282 cm³/mol. The summed E-state index contributed by atoms with van der Waals surface area (Å²) in [6.45, 7) is 0. The van der Waals surface area contributed by atoms with Crippen molar-refractivity contribution in [2.24, 2.45) is 0 Å². The van der Waals surface area contributed by atoms with Crippen molar-refractivity contribution in [1.29, 1.82) is 0 Å². The molecule has 0 radical (unpaired) electrons. The Balaban J connectivity index is 0.893. The summed E-state index contributed by atoms with van der Waals surface area (Å²) in [6, 6.07) is 92.0. The molecular weight excluding hydrogens is 813 g/mol. The maximum atomic E-state index is 6.34. The van der Waals surface area contributed by atoms with Gasteiger partial charge in [0.25, 0.3) is 0 Å². The molecule has 0 amide bonds. The molecule has 0 atom stereocenters. The molecule has 3 nitrogen and oxygen atoms in total. The van der Waals surface area contributed by atoms with Crippen molar-refractivity contribution in [2.75, 3.05) is 4.90 Å². The minimum absolute atomic E-state index is 0.887. The Morgan fingerprint density at radius 3 is 1.67 bits per heavy atom. The lowest BCUT2D eigenvalue weighted by Crippen LogP contribution is -2.11. The highest BCUT2D eigenvalue weighted by atomic mass is 16.3. The monoisotopic (exact) mass is 854 g/mol. The summed E-state index contributed by atoms with van der Waals surface area (Å²) < 4.78 is 8.73. The van der Waals surface area contributed by atoms with Crippen LogP contribution in [-0.2, 0) is 0 Å². The summed E-state index contributed by atoms with van der Waals surface area (Å²) in [6.07, 6.45) is 0. The summed E-state index contributed by atoms with van der Waals surface area (Å²) >= 11 is 0. The van der Waals surface area contributed by atoms with Gasteiger partial charge in [0.05, 0.1) is 16.7 Å². The SMILES string of the molecule is c1cc(-c2ccc(N(c3cccc(-c4ccc5c(c4)oc4ccccc45)c3)c3ccccc3-c3ccc4ccccc4c3)cc2)cc(-c2cccc(-n3c4ccccc4c4ccccc43)c2)c1. The van der Waals surface area contributed by atoms with E-state index in [2.05, 4.69) is 252 Å². The zero-order valence-electron chi connectivity index (χ0n) is 36.6. The Bertz CT molecular complexity index is 3950. The Morgan fingerprint density at radius 1 is 0.299 bits per heavy atom. The van der Waals surface area contributed by atoms with Crippen LogP contribution in [0.1, 0.15) is 0 Å². The highest BCUT2D eigenvalue weighted by Gasteiger charge is 2.19. The van der Waals surface area contributed by atoms with Crippen LogP contribution in [-0.4, -0.2) is 4.57 Å². The number of furan rings is 1. The van der Waals surface area contributed by atoms with Gasteiger partial charge in [0.2, 0.25) is 0 Å². The van der Waals surface area contributed by atoms with Gasteiger partial charge in [-0.15, -0.1) is 0 Å². The molecule has 13 rings (SSSR count). The van der Waals surface area contributed by atoms with Crippen molar-refractivity contribution >= 4 is 71.6 Å². The standard InChI is InChI=1S/C64H42N2O/c1-2-15-45-39-51(31-30-43(45)14-1)55-22-3-7-26-60(55)65(53-20-12-19-49(40-53)50-34-37-59-58-25-6-10-29-63(58)67-64(59)42-50)52-35-32-44(33-36-52)46-16-11-17-47(38-46)48-18-13-21-54(41-48)66-61-27-8-4-23-56(61)57-24-5-9-28-62(57)66/h1-42H. The van der Waals surface area contributed by atoms with Gasteiger partial charge in [-0.3, -0.25) is 0 Å². The molecule has 3 heteroatoms. The molecule has 314 valence electrons. The Hall–Kier alpha value is -8.92. The lowest BCUT2D eigenvalue weighted by molar-refractivity contribution is 0.669. The van der Waals surface area contributed by atoms with Crippen LogP contribution in [0.4, 0.5) is 17.1 Å². The quantitative estimate of drug-likeness (QED) is 0.152. The molecule has 0 aliphatic carbocycles. The van der Waals surface area contributed by atoms with E-state index in [0.29, 0.717) is 0 Å². The van der Waals surface area contributed by atoms with Crippen LogP contribution < -0.4 is 4.90 Å². The fourth-order valence-corrected chi connectivity index (χ4v) is 10.1. The van der Waals surface area contributed by atoms with Gasteiger partial charge >= 0.3 is 0 Å². The molecule has 0 aliphatic heterocycles. The van der Waals surface area contributed by atoms with E-state index in [1.165, 1.54) is 49.3 Å². The number of para-hydroxylation sites is 4. The van der Waals surface area contributed by atoms with E-state index in [9.17, 15) is 0 Å². The molecule has 13 aromatic rings. The first-order valence-corrected chi connectivity index (χ1v) is 22.9. The highest BCUT2D eigenvalue weighted by molar-refractivity contribution is 6.09. The molecule has 0 fully saturated rings. The van der Waals surface area contributed by atoms with E-state index in [1.54, 1.807) is 0 Å². The number of rotatable bonds is 8. The van der Waals surface area contributed by atoms with Crippen LogP contribution in [0.25, 0.3) is 105 Å². The normalized spacial score (nSPS) is 11.6. The average molecular weight is 855 g/mol. The average Bonchev–Trinajstić information content (AvgIpc) is 3.95. The fraction of sp³-hybridized carbons (Fsp3) is 0. The van der Waals surface area contributed by atoms with Crippen LogP contribution in [0.2, 0.25) is 0 Å². The van der Waals surface area contributed by atoms with Crippen molar-refractivity contribution in [3.05, 3.63) is 255 Å². The van der Waals surface area contributed by atoms with Gasteiger partial charge in [-0.25, -0.2) is 0 Å². The van der Waals surface area contributed by atoms with E-state index in [0.717, 1.165) is 72.5 Å². The molecule has 0 N–H and O–H groups in total. The molecule has 0 bridgehead atoms. The summed E-state index contributed by atoms with van der Waals surface area (Å²) in [4.78, 5) is 2.40. The van der Waals surface area contributed by atoms with Crippen molar-refractivity contribution in [3.8, 4) is 50.2 Å². The predicted octanol–water partition coefficient (Wildman–Crippen LogP) is 18.0. The Labute approximate surface area is 388 Å². The molecular formula is C64H42N2O. The first-order chi connectivity index (χ1) is 33.2. The third kappa shape index (κ3) is 6.76. The first-order valence-electron chi connectivity index (χ1n) is 22.9. The molecule has 67 heavy (non-hydrogen) atoms. The number of aromatic nitrogens is 1. The third-order valence-corrected chi connectivity index (χ3v) is 13.4. The van der Waals surface area contributed by atoms with Crippen molar-refractivity contribution in [2.45, 2.75) is 0 Å².